The molecule has 1 N–H and O–H groups in total. The van der Waals surface area contributed by atoms with E-state index in [1.54, 1.807) is 0 Å². The quantitative estimate of drug-likeness (QED) is 0.807. The Morgan fingerprint density at radius 1 is 1.12 bits per heavy atom. The third kappa shape index (κ3) is 2.64. The lowest BCUT2D eigenvalue weighted by molar-refractivity contribution is 0.605. The smallest absolute Gasteiger partial charge is 0.203 e. The molecule has 0 aromatic carbocycles. The molecule has 2 aliphatic rings. The molecule has 3 nitrogen and oxygen atoms in total. The predicted octanol–water partition coefficient (Wildman–Crippen LogP) is 3.66. The predicted molar refractivity (Wildman–Crippen MR) is 70.3 cm³/mol. The second-order valence-corrected chi connectivity index (χ2v) is 5.68. The van der Waals surface area contributed by atoms with Gasteiger partial charge in [-0.2, -0.15) is 0 Å². The number of aryl methyl sites for hydroxylation is 1. The zero-order valence-corrected chi connectivity index (χ0v) is 10.8. The van der Waals surface area contributed by atoms with Crippen LogP contribution in [-0.4, -0.2) is 15.6 Å². The fourth-order valence-corrected chi connectivity index (χ4v) is 2.86. The third-order valence-corrected chi connectivity index (χ3v) is 3.98. The molecule has 0 radical (unpaired) electrons. The first kappa shape index (κ1) is 11.1. The molecule has 0 amide bonds. The standard InChI is InChI=1S/C14H23N3/c1-11-10-17(13-8-9-13)14(15-11)16-12-6-4-2-3-5-7-12/h10,12-13H,2-9H2,1H3,(H,15,16). The lowest BCUT2D eigenvalue weighted by Crippen LogP contribution is -2.20. The molecule has 2 fully saturated rings. The SMILES string of the molecule is Cc1cn(C2CC2)c(NC2CCCCCC2)n1. The number of imidazole rings is 1. The summed E-state index contributed by atoms with van der Waals surface area (Å²) < 4.78 is 2.36. The second-order valence-electron chi connectivity index (χ2n) is 5.68. The summed E-state index contributed by atoms with van der Waals surface area (Å²) in [6.07, 6.45) is 13.1. The average molecular weight is 233 g/mol. The van der Waals surface area contributed by atoms with Gasteiger partial charge in [0.2, 0.25) is 5.95 Å². The first-order valence-corrected chi connectivity index (χ1v) is 7.15. The highest BCUT2D eigenvalue weighted by molar-refractivity contribution is 5.32. The summed E-state index contributed by atoms with van der Waals surface area (Å²) in [4.78, 5) is 4.65. The average Bonchev–Trinajstić information content (AvgIpc) is 3.09. The van der Waals surface area contributed by atoms with E-state index in [1.165, 1.54) is 51.4 Å². The van der Waals surface area contributed by atoms with E-state index < -0.39 is 0 Å². The minimum atomic E-state index is 0.650. The third-order valence-electron chi connectivity index (χ3n) is 3.98. The van der Waals surface area contributed by atoms with E-state index in [4.69, 9.17) is 0 Å². The zero-order valence-electron chi connectivity index (χ0n) is 10.8. The van der Waals surface area contributed by atoms with Gasteiger partial charge in [0.15, 0.2) is 0 Å². The van der Waals surface area contributed by atoms with Crippen LogP contribution in [0.25, 0.3) is 0 Å². The minimum Gasteiger partial charge on any atom is -0.353 e. The normalized spacial score (nSPS) is 22.4. The van der Waals surface area contributed by atoms with Crippen LogP contribution in [0, 0.1) is 6.92 Å². The monoisotopic (exact) mass is 233 g/mol. The van der Waals surface area contributed by atoms with Crippen molar-refractivity contribution in [3.63, 3.8) is 0 Å². The minimum absolute atomic E-state index is 0.650. The van der Waals surface area contributed by atoms with E-state index >= 15 is 0 Å². The molecule has 0 atom stereocenters. The van der Waals surface area contributed by atoms with Gasteiger partial charge in [0, 0.05) is 18.3 Å². The topological polar surface area (TPSA) is 29.9 Å². The molecule has 0 saturated heterocycles. The van der Waals surface area contributed by atoms with Gasteiger partial charge in [0.25, 0.3) is 0 Å². The molecule has 17 heavy (non-hydrogen) atoms. The molecule has 0 unspecified atom stereocenters. The van der Waals surface area contributed by atoms with Crippen LogP contribution >= 0.6 is 0 Å². The number of nitrogens with one attached hydrogen (secondary N) is 1. The summed E-state index contributed by atoms with van der Waals surface area (Å²) in [6.45, 7) is 2.09. The summed E-state index contributed by atoms with van der Waals surface area (Å²) in [7, 11) is 0. The van der Waals surface area contributed by atoms with E-state index in [2.05, 4.69) is 28.0 Å². The first-order chi connectivity index (χ1) is 8.33. The summed E-state index contributed by atoms with van der Waals surface area (Å²) in [5.74, 6) is 1.12. The van der Waals surface area contributed by atoms with E-state index in [9.17, 15) is 0 Å². The van der Waals surface area contributed by atoms with Crippen molar-refractivity contribution in [1.82, 2.24) is 9.55 Å². The van der Waals surface area contributed by atoms with Crippen molar-refractivity contribution in [2.45, 2.75) is 70.4 Å². The molecule has 1 heterocycles. The highest BCUT2D eigenvalue weighted by Crippen LogP contribution is 2.37. The van der Waals surface area contributed by atoms with Crippen molar-refractivity contribution >= 4 is 5.95 Å². The zero-order chi connectivity index (χ0) is 11.7. The van der Waals surface area contributed by atoms with E-state index in [1.807, 2.05) is 0 Å². The van der Waals surface area contributed by atoms with E-state index in [-0.39, 0.29) is 0 Å². The van der Waals surface area contributed by atoms with Gasteiger partial charge in [-0.25, -0.2) is 4.98 Å². The Morgan fingerprint density at radius 3 is 2.47 bits per heavy atom. The fourth-order valence-electron chi connectivity index (χ4n) is 2.86. The maximum Gasteiger partial charge on any atom is 0.203 e. The highest BCUT2D eigenvalue weighted by Gasteiger charge is 2.27. The van der Waals surface area contributed by atoms with Crippen molar-refractivity contribution in [2.75, 3.05) is 5.32 Å². The Morgan fingerprint density at radius 2 is 1.82 bits per heavy atom. The van der Waals surface area contributed by atoms with Crippen LogP contribution in [-0.2, 0) is 0 Å². The van der Waals surface area contributed by atoms with Crippen LogP contribution in [0.1, 0.15) is 63.1 Å². The maximum atomic E-state index is 4.65. The van der Waals surface area contributed by atoms with Gasteiger partial charge in [-0.15, -0.1) is 0 Å². The summed E-state index contributed by atoms with van der Waals surface area (Å²) >= 11 is 0. The molecule has 2 saturated carbocycles. The lowest BCUT2D eigenvalue weighted by atomic mass is 10.1. The lowest BCUT2D eigenvalue weighted by Gasteiger charge is -2.17. The number of hydrogen-bond acceptors (Lipinski definition) is 2. The van der Waals surface area contributed by atoms with Crippen LogP contribution < -0.4 is 5.32 Å². The van der Waals surface area contributed by atoms with Gasteiger partial charge in [-0.3, -0.25) is 0 Å². The molecule has 3 heteroatoms. The molecule has 94 valence electrons. The molecule has 0 spiro atoms. The Bertz CT molecular complexity index is 371. The van der Waals surface area contributed by atoms with Gasteiger partial charge in [0.05, 0.1) is 5.69 Å². The first-order valence-electron chi connectivity index (χ1n) is 7.15. The van der Waals surface area contributed by atoms with Gasteiger partial charge < -0.3 is 9.88 Å². The summed E-state index contributed by atoms with van der Waals surface area (Å²) in [6, 6.07) is 1.38. The van der Waals surface area contributed by atoms with Crippen molar-refractivity contribution in [3.05, 3.63) is 11.9 Å². The Balaban J connectivity index is 1.70. The number of aromatic nitrogens is 2. The van der Waals surface area contributed by atoms with Gasteiger partial charge >= 0.3 is 0 Å². The van der Waals surface area contributed by atoms with Crippen LogP contribution in [0.5, 0.6) is 0 Å². The van der Waals surface area contributed by atoms with Gasteiger partial charge in [-0.1, -0.05) is 25.7 Å². The van der Waals surface area contributed by atoms with Gasteiger partial charge in [0.1, 0.15) is 0 Å². The molecule has 1 aromatic heterocycles. The molecule has 0 aliphatic heterocycles. The number of anilines is 1. The van der Waals surface area contributed by atoms with E-state index in [0.717, 1.165) is 17.7 Å². The summed E-state index contributed by atoms with van der Waals surface area (Å²) in [5.41, 5.74) is 1.15. The van der Waals surface area contributed by atoms with Crippen LogP contribution in [0.15, 0.2) is 6.20 Å². The second kappa shape index (κ2) is 4.71. The molecule has 3 rings (SSSR count). The van der Waals surface area contributed by atoms with Crippen molar-refractivity contribution in [1.29, 1.82) is 0 Å². The molecule has 1 aromatic rings. The number of hydrogen-bond donors (Lipinski definition) is 1. The number of nitrogens with zero attached hydrogens (tertiary/aromatic N) is 2. The molecular weight excluding hydrogens is 210 g/mol. The maximum absolute atomic E-state index is 4.65. The molecular formula is C14H23N3. The van der Waals surface area contributed by atoms with Crippen molar-refractivity contribution < 1.29 is 0 Å². The Labute approximate surface area is 104 Å². The Kier molecular flexibility index (Phi) is 3.08. The largest absolute Gasteiger partial charge is 0.353 e. The highest BCUT2D eigenvalue weighted by atomic mass is 15.2. The molecule has 2 aliphatic carbocycles. The van der Waals surface area contributed by atoms with Crippen molar-refractivity contribution in [2.24, 2.45) is 0 Å². The number of rotatable bonds is 3. The van der Waals surface area contributed by atoms with Crippen molar-refractivity contribution in [3.8, 4) is 0 Å². The summed E-state index contributed by atoms with van der Waals surface area (Å²) in [5, 5.41) is 3.68. The van der Waals surface area contributed by atoms with E-state index in [0.29, 0.717) is 6.04 Å². The van der Waals surface area contributed by atoms with Crippen LogP contribution in [0.2, 0.25) is 0 Å². The fraction of sp³-hybridized carbons (Fsp3) is 0.786. The Hall–Kier alpha value is -0.990. The van der Waals surface area contributed by atoms with Gasteiger partial charge in [-0.05, 0) is 32.6 Å². The van der Waals surface area contributed by atoms with Crippen LogP contribution in [0.3, 0.4) is 0 Å². The molecule has 0 bridgehead atoms. The van der Waals surface area contributed by atoms with Crippen LogP contribution in [0.4, 0.5) is 5.95 Å².